The first-order valence-electron chi connectivity index (χ1n) is 10.3. The lowest BCUT2D eigenvalue weighted by Gasteiger charge is -2.31. The van der Waals surface area contributed by atoms with Gasteiger partial charge in [0.15, 0.2) is 5.69 Å². The standard InChI is InChI=1S/C20H32N4O/c1-23-18-11-10-16(21-15-8-4-2-5-9-15)14-17(18)19(22-23)20(25)24-12-6-3-7-13-24/h15-16,21H,2-14H2,1H3. The fourth-order valence-electron chi connectivity index (χ4n) is 4.95. The van der Waals surface area contributed by atoms with Crippen molar-refractivity contribution >= 4 is 5.91 Å². The van der Waals surface area contributed by atoms with E-state index in [0.717, 1.165) is 44.5 Å². The van der Waals surface area contributed by atoms with E-state index in [1.165, 1.54) is 56.2 Å². The molecule has 1 atom stereocenters. The highest BCUT2D eigenvalue weighted by Crippen LogP contribution is 2.27. The number of carbonyl (C=O) groups is 1. The summed E-state index contributed by atoms with van der Waals surface area (Å²) in [5, 5.41) is 8.54. The molecule has 2 heterocycles. The van der Waals surface area contributed by atoms with Crippen LogP contribution in [-0.4, -0.2) is 45.8 Å². The molecule has 1 unspecified atom stereocenters. The van der Waals surface area contributed by atoms with Crippen LogP contribution in [0.1, 0.15) is 79.5 Å². The SMILES string of the molecule is Cn1nc(C(=O)N2CCCCC2)c2c1CCC(NC1CCCCC1)C2. The molecule has 5 nitrogen and oxygen atoms in total. The van der Waals surface area contributed by atoms with Gasteiger partial charge in [0.25, 0.3) is 5.91 Å². The molecule has 0 spiro atoms. The summed E-state index contributed by atoms with van der Waals surface area (Å²) in [7, 11) is 2.00. The third-order valence-electron chi connectivity index (χ3n) is 6.38. The van der Waals surface area contributed by atoms with Gasteiger partial charge in [0.1, 0.15) is 0 Å². The lowest BCUT2D eigenvalue weighted by atomic mass is 9.88. The van der Waals surface area contributed by atoms with E-state index in [1.807, 2.05) is 16.6 Å². The van der Waals surface area contributed by atoms with Crippen LogP contribution in [-0.2, 0) is 19.9 Å². The zero-order chi connectivity index (χ0) is 17.2. The Morgan fingerprint density at radius 2 is 1.72 bits per heavy atom. The highest BCUT2D eigenvalue weighted by Gasteiger charge is 2.31. The zero-order valence-corrected chi connectivity index (χ0v) is 15.6. The maximum absolute atomic E-state index is 13.0. The van der Waals surface area contributed by atoms with Crippen molar-refractivity contribution in [3.05, 3.63) is 17.0 Å². The number of aryl methyl sites for hydroxylation is 1. The normalized spacial score (nSPS) is 25.0. The van der Waals surface area contributed by atoms with Gasteiger partial charge in [-0.3, -0.25) is 9.48 Å². The van der Waals surface area contributed by atoms with Gasteiger partial charge in [0.2, 0.25) is 0 Å². The van der Waals surface area contributed by atoms with E-state index in [0.29, 0.717) is 12.1 Å². The van der Waals surface area contributed by atoms with Crippen molar-refractivity contribution in [1.29, 1.82) is 0 Å². The molecule has 25 heavy (non-hydrogen) atoms. The molecule has 0 radical (unpaired) electrons. The summed E-state index contributed by atoms with van der Waals surface area (Å²) in [5.41, 5.74) is 3.23. The summed E-state index contributed by atoms with van der Waals surface area (Å²) in [6.45, 7) is 1.79. The van der Waals surface area contributed by atoms with E-state index < -0.39 is 0 Å². The molecule has 1 saturated carbocycles. The molecule has 2 aliphatic carbocycles. The number of piperidine rings is 1. The van der Waals surface area contributed by atoms with Gasteiger partial charge in [-0.05, 0) is 51.4 Å². The number of carbonyl (C=O) groups excluding carboxylic acids is 1. The van der Waals surface area contributed by atoms with Crippen LogP contribution in [0.5, 0.6) is 0 Å². The molecule has 0 aromatic carbocycles. The Kier molecular flexibility index (Phi) is 5.11. The predicted octanol–water partition coefficient (Wildman–Crippen LogP) is 2.83. The van der Waals surface area contributed by atoms with Crippen LogP contribution in [0, 0.1) is 0 Å². The molecular weight excluding hydrogens is 312 g/mol. The van der Waals surface area contributed by atoms with E-state index in [-0.39, 0.29) is 5.91 Å². The number of fused-ring (bicyclic) bond motifs is 1. The van der Waals surface area contributed by atoms with Crippen molar-refractivity contribution in [2.75, 3.05) is 13.1 Å². The topological polar surface area (TPSA) is 50.2 Å². The molecule has 1 saturated heterocycles. The summed E-state index contributed by atoms with van der Waals surface area (Å²) in [5.74, 6) is 0.162. The molecule has 3 aliphatic rings. The van der Waals surface area contributed by atoms with Crippen LogP contribution in [0.4, 0.5) is 0 Å². The average Bonchev–Trinajstić information content (AvgIpc) is 2.99. The van der Waals surface area contributed by atoms with Crippen molar-refractivity contribution in [2.24, 2.45) is 7.05 Å². The molecule has 0 bridgehead atoms. The average molecular weight is 345 g/mol. The summed E-state index contributed by atoms with van der Waals surface area (Å²) in [6, 6.07) is 1.19. The van der Waals surface area contributed by atoms with Crippen LogP contribution in [0.2, 0.25) is 0 Å². The maximum Gasteiger partial charge on any atom is 0.274 e. The zero-order valence-electron chi connectivity index (χ0n) is 15.6. The number of hydrogen-bond acceptors (Lipinski definition) is 3. The summed E-state index contributed by atoms with van der Waals surface area (Å²) >= 11 is 0. The Labute approximate surface area is 151 Å². The Balaban J connectivity index is 1.49. The minimum atomic E-state index is 0.162. The van der Waals surface area contributed by atoms with Crippen LogP contribution in [0.25, 0.3) is 0 Å². The van der Waals surface area contributed by atoms with E-state index in [1.54, 1.807) is 0 Å². The van der Waals surface area contributed by atoms with Crippen molar-refractivity contribution < 1.29 is 4.79 Å². The molecule has 1 aromatic heterocycles. The fraction of sp³-hybridized carbons (Fsp3) is 0.800. The fourth-order valence-corrected chi connectivity index (χ4v) is 4.95. The Morgan fingerprint density at radius 1 is 1.00 bits per heavy atom. The molecule has 1 aliphatic heterocycles. The minimum absolute atomic E-state index is 0.162. The predicted molar refractivity (Wildman–Crippen MR) is 98.8 cm³/mol. The van der Waals surface area contributed by atoms with Crippen molar-refractivity contribution in [3.63, 3.8) is 0 Å². The molecule has 4 rings (SSSR count). The number of likely N-dealkylation sites (tertiary alicyclic amines) is 1. The molecule has 138 valence electrons. The number of hydrogen-bond donors (Lipinski definition) is 1. The van der Waals surface area contributed by atoms with E-state index >= 15 is 0 Å². The highest BCUT2D eigenvalue weighted by atomic mass is 16.2. The van der Waals surface area contributed by atoms with Gasteiger partial charge < -0.3 is 10.2 Å². The third-order valence-corrected chi connectivity index (χ3v) is 6.38. The van der Waals surface area contributed by atoms with Crippen molar-refractivity contribution in [1.82, 2.24) is 20.0 Å². The number of nitrogens with zero attached hydrogens (tertiary/aromatic N) is 3. The maximum atomic E-state index is 13.0. The second-order valence-electron chi connectivity index (χ2n) is 8.19. The first-order valence-corrected chi connectivity index (χ1v) is 10.3. The summed E-state index contributed by atoms with van der Waals surface area (Å²) in [4.78, 5) is 15.0. The molecule has 1 amide bonds. The van der Waals surface area contributed by atoms with Crippen LogP contribution in [0.3, 0.4) is 0 Å². The minimum Gasteiger partial charge on any atom is -0.337 e. The van der Waals surface area contributed by atoms with Crippen molar-refractivity contribution in [2.45, 2.75) is 82.7 Å². The van der Waals surface area contributed by atoms with Gasteiger partial charge in [0, 0.05) is 43.5 Å². The van der Waals surface area contributed by atoms with Gasteiger partial charge in [0.05, 0.1) is 0 Å². The van der Waals surface area contributed by atoms with Crippen LogP contribution < -0.4 is 5.32 Å². The monoisotopic (exact) mass is 344 g/mol. The molecule has 1 aromatic rings. The van der Waals surface area contributed by atoms with Crippen LogP contribution >= 0.6 is 0 Å². The summed E-state index contributed by atoms with van der Waals surface area (Å²) < 4.78 is 1.96. The number of nitrogens with one attached hydrogen (secondary N) is 1. The lowest BCUT2D eigenvalue weighted by Crippen LogP contribution is -2.43. The molecule has 2 fully saturated rings. The Hall–Kier alpha value is -1.36. The number of rotatable bonds is 3. The Morgan fingerprint density at radius 3 is 2.48 bits per heavy atom. The smallest absolute Gasteiger partial charge is 0.274 e. The van der Waals surface area contributed by atoms with Gasteiger partial charge in [-0.25, -0.2) is 0 Å². The first kappa shape index (κ1) is 17.1. The van der Waals surface area contributed by atoms with Gasteiger partial charge in [-0.1, -0.05) is 19.3 Å². The molecular formula is C20H32N4O. The Bertz CT molecular complexity index is 611. The largest absolute Gasteiger partial charge is 0.337 e. The van der Waals surface area contributed by atoms with E-state index in [4.69, 9.17) is 0 Å². The van der Waals surface area contributed by atoms with E-state index in [2.05, 4.69) is 10.4 Å². The van der Waals surface area contributed by atoms with E-state index in [9.17, 15) is 4.79 Å². The third kappa shape index (κ3) is 3.62. The van der Waals surface area contributed by atoms with Gasteiger partial charge in [-0.2, -0.15) is 5.10 Å². The van der Waals surface area contributed by atoms with Crippen molar-refractivity contribution in [3.8, 4) is 0 Å². The lowest BCUT2D eigenvalue weighted by molar-refractivity contribution is 0.0716. The number of amides is 1. The summed E-state index contributed by atoms with van der Waals surface area (Å²) in [6.07, 6.45) is 13.4. The highest BCUT2D eigenvalue weighted by molar-refractivity contribution is 5.94. The second-order valence-corrected chi connectivity index (χ2v) is 8.19. The quantitative estimate of drug-likeness (QED) is 0.917. The van der Waals surface area contributed by atoms with Crippen LogP contribution in [0.15, 0.2) is 0 Å². The number of aromatic nitrogens is 2. The molecule has 5 heteroatoms. The van der Waals surface area contributed by atoms with Gasteiger partial charge >= 0.3 is 0 Å². The van der Waals surface area contributed by atoms with Gasteiger partial charge in [-0.15, -0.1) is 0 Å². The molecule has 1 N–H and O–H groups in total. The first-order chi connectivity index (χ1) is 12.2. The second kappa shape index (κ2) is 7.48.